The Hall–Kier alpha value is -2.41. The van der Waals surface area contributed by atoms with Crippen molar-refractivity contribution in [3.8, 4) is 0 Å². The number of fused-ring (bicyclic) bond motifs is 1. The summed E-state index contributed by atoms with van der Waals surface area (Å²) >= 11 is 0. The molecule has 0 unspecified atom stereocenters. The van der Waals surface area contributed by atoms with Crippen molar-refractivity contribution in [3.63, 3.8) is 0 Å². The lowest BCUT2D eigenvalue weighted by Crippen LogP contribution is -2.64. The van der Waals surface area contributed by atoms with Crippen LogP contribution in [0.25, 0.3) is 0 Å². The number of nitrogens with zero attached hydrogens (tertiary/aromatic N) is 1. The second kappa shape index (κ2) is 6.84. The van der Waals surface area contributed by atoms with E-state index >= 15 is 0 Å². The predicted molar refractivity (Wildman–Crippen MR) is 90.8 cm³/mol. The lowest BCUT2D eigenvalue weighted by Gasteiger charge is -2.35. The van der Waals surface area contributed by atoms with E-state index < -0.39 is 18.2 Å². The average molecular weight is 345 g/mol. The molecule has 1 aromatic carbocycles. The van der Waals surface area contributed by atoms with Crippen molar-refractivity contribution in [1.82, 2.24) is 15.5 Å². The van der Waals surface area contributed by atoms with Crippen molar-refractivity contribution >= 4 is 17.7 Å². The van der Waals surface area contributed by atoms with Crippen LogP contribution in [0.4, 0.5) is 0 Å². The predicted octanol–water partition coefficient (Wildman–Crippen LogP) is -0.172. The molecule has 2 saturated heterocycles. The van der Waals surface area contributed by atoms with Gasteiger partial charge in [0.1, 0.15) is 12.1 Å². The summed E-state index contributed by atoms with van der Waals surface area (Å²) in [4.78, 5) is 38.4. The summed E-state index contributed by atoms with van der Waals surface area (Å²) in [7, 11) is 0. The molecule has 0 aliphatic carbocycles. The molecule has 4 atom stereocenters. The smallest absolute Gasteiger partial charge is 0.251 e. The highest BCUT2D eigenvalue weighted by molar-refractivity contribution is 5.98. The molecule has 2 aliphatic heterocycles. The Morgan fingerprint density at radius 3 is 2.64 bits per heavy atom. The zero-order chi connectivity index (χ0) is 18.1. The Morgan fingerprint density at radius 2 is 2.04 bits per heavy atom. The fraction of sp³-hybridized carbons (Fsp3) is 0.500. The van der Waals surface area contributed by atoms with E-state index in [1.54, 1.807) is 12.1 Å². The summed E-state index contributed by atoms with van der Waals surface area (Å²) < 4.78 is 0. The minimum absolute atomic E-state index is 0.215. The van der Waals surface area contributed by atoms with Crippen LogP contribution in [0.1, 0.15) is 36.2 Å². The molecule has 2 fully saturated rings. The molecular formula is C18H23N3O4. The van der Waals surface area contributed by atoms with E-state index in [4.69, 9.17) is 0 Å². The molecule has 0 saturated carbocycles. The number of hydrogen-bond donors (Lipinski definition) is 3. The van der Waals surface area contributed by atoms with Crippen LogP contribution in [0.3, 0.4) is 0 Å². The Kier molecular flexibility index (Phi) is 4.76. The van der Waals surface area contributed by atoms with Gasteiger partial charge in [0.05, 0.1) is 6.10 Å². The zero-order valence-electron chi connectivity index (χ0n) is 14.4. The number of aliphatic hydroxyl groups is 1. The van der Waals surface area contributed by atoms with Gasteiger partial charge in [-0.2, -0.15) is 0 Å². The van der Waals surface area contributed by atoms with Crippen molar-refractivity contribution < 1.29 is 19.5 Å². The van der Waals surface area contributed by atoms with Crippen LogP contribution in [0.5, 0.6) is 0 Å². The molecule has 7 heteroatoms. The third-order valence-corrected chi connectivity index (χ3v) is 4.89. The standard InChI is InChI=1S/C18H23N3O4/c1-3-11-4-6-12(7-5-11)16(23)19-13-8-14-17(24)20-15(10(2)22)18(25)21(14)9-13/h4-7,10,13-15,22H,3,8-9H2,1-2H3,(H,19,23)(H,20,24)/t10-,13-,14-,15+/m0/s1. The van der Waals surface area contributed by atoms with Crippen LogP contribution in [-0.4, -0.2) is 58.5 Å². The highest BCUT2D eigenvalue weighted by Gasteiger charge is 2.47. The number of amides is 3. The van der Waals surface area contributed by atoms with Gasteiger partial charge < -0.3 is 20.6 Å². The molecule has 134 valence electrons. The third kappa shape index (κ3) is 3.37. The van der Waals surface area contributed by atoms with Gasteiger partial charge in [-0.05, 0) is 37.5 Å². The molecule has 3 amide bonds. The number of aliphatic hydroxyl groups excluding tert-OH is 1. The third-order valence-electron chi connectivity index (χ3n) is 4.89. The lowest BCUT2D eigenvalue weighted by atomic mass is 10.0. The number of benzene rings is 1. The van der Waals surface area contributed by atoms with Crippen molar-refractivity contribution in [2.24, 2.45) is 0 Å². The maximum absolute atomic E-state index is 12.4. The number of aryl methyl sites for hydroxylation is 1. The summed E-state index contributed by atoms with van der Waals surface area (Å²) in [6.45, 7) is 3.80. The molecule has 1 aromatic rings. The van der Waals surface area contributed by atoms with Gasteiger partial charge in [0.15, 0.2) is 0 Å². The number of rotatable bonds is 4. The quantitative estimate of drug-likeness (QED) is 0.705. The number of nitrogens with one attached hydrogen (secondary N) is 2. The van der Waals surface area contributed by atoms with E-state index in [1.807, 2.05) is 19.1 Å². The Morgan fingerprint density at radius 1 is 1.36 bits per heavy atom. The monoisotopic (exact) mass is 345 g/mol. The van der Waals surface area contributed by atoms with Crippen molar-refractivity contribution in [2.75, 3.05) is 6.54 Å². The molecule has 3 rings (SSSR count). The Balaban J connectivity index is 1.66. The van der Waals surface area contributed by atoms with Crippen LogP contribution < -0.4 is 10.6 Å². The van der Waals surface area contributed by atoms with E-state index in [9.17, 15) is 19.5 Å². The van der Waals surface area contributed by atoms with Gasteiger partial charge in [-0.15, -0.1) is 0 Å². The molecule has 3 N–H and O–H groups in total. The van der Waals surface area contributed by atoms with Crippen LogP contribution in [0.15, 0.2) is 24.3 Å². The normalized spacial score (nSPS) is 26.8. The fourth-order valence-corrected chi connectivity index (χ4v) is 3.41. The van der Waals surface area contributed by atoms with Gasteiger partial charge in [0.2, 0.25) is 11.8 Å². The topological polar surface area (TPSA) is 98.7 Å². The van der Waals surface area contributed by atoms with Gasteiger partial charge >= 0.3 is 0 Å². The minimum atomic E-state index is -0.955. The summed E-state index contributed by atoms with van der Waals surface area (Å²) in [5.41, 5.74) is 1.71. The molecule has 0 aromatic heterocycles. The number of carbonyl (C=O) groups is 3. The molecule has 0 spiro atoms. The van der Waals surface area contributed by atoms with Gasteiger partial charge in [-0.25, -0.2) is 0 Å². The van der Waals surface area contributed by atoms with Crippen LogP contribution in [0.2, 0.25) is 0 Å². The summed E-state index contributed by atoms with van der Waals surface area (Å²) in [5, 5.41) is 15.1. The zero-order valence-corrected chi connectivity index (χ0v) is 14.4. The van der Waals surface area contributed by atoms with E-state index in [-0.39, 0.29) is 30.3 Å². The highest BCUT2D eigenvalue weighted by atomic mass is 16.3. The number of hydrogen-bond acceptors (Lipinski definition) is 4. The van der Waals surface area contributed by atoms with Gasteiger partial charge in [0.25, 0.3) is 5.91 Å². The molecular weight excluding hydrogens is 322 g/mol. The number of carbonyl (C=O) groups excluding carboxylic acids is 3. The van der Waals surface area contributed by atoms with Gasteiger partial charge in [0, 0.05) is 18.2 Å². The largest absolute Gasteiger partial charge is 0.391 e. The van der Waals surface area contributed by atoms with E-state index in [2.05, 4.69) is 10.6 Å². The molecule has 2 aliphatic rings. The van der Waals surface area contributed by atoms with Crippen LogP contribution >= 0.6 is 0 Å². The van der Waals surface area contributed by atoms with Crippen molar-refractivity contribution in [3.05, 3.63) is 35.4 Å². The first-order valence-electron chi connectivity index (χ1n) is 8.59. The van der Waals surface area contributed by atoms with E-state index in [1.165, 1.54) is 11.8 Å². The molecule has 0 radical (unpaired) electrons. The first kappa shape index (κ1) is 17.4. The molecule has 2 heterocycles. The highest BCUT2D eigenvalue weighted by Crippen LogP contribution is 2.24. The summed E-state index contributed by atoms with van der Waals surface area (Å²) in [5.74, 6) is -0.800. The maximum Gasteiger partial charge on any atom is 0.251 e. The second-order valence-electron chi connectivity index (χ2n) is 6.69. The summed E-state index contributed by atoms with van der Waals surface area (Å²) in [6.07, 6.45) is 0.328. The lowest BCUT2D eigenvalue weighted by molar-refractivity contribution is -0.149. The number of piperazine rings is 1. The Labute approximate surface area is 146 Å². The molecule has 7 nitrogen and oxygen atoms in total. The Bertz CT molecular complexity index is 686. The van der Waals surface area contributed by atoms with Crippen molar-refractivity contribution in [2.45, 2.75) is 50.9 Å². The first-order valence-corrected chi connectivity index (χ1v) is 8.59. The van der Waals surface area contributed by atoms with Crippen LogP contribution in [0, 0.1) is 0 Å². The van der Waals surface area contributed by atoms with Crippen LogP contribution in [-0.2, 0) is 16.0 Å². The fourth-order valence-electron chi connectivity index (χ4n) is 3.41. The average Bonchev–Trinajstić information content (AvgIpc) is 3.02. The maximum atomic E-state index is 12.4. The van der Waals surface area contributed by atoms with Crippen molar-refractivity contribution in [1.29, 1.82) is 0 Å². The first-order chi connectivity index (χ1) is 11.9. The second-order valence-corrected chi connectivity index (χ2v) is 6.69. The van der Waals surface area contributed by atoms with E-state index in [0.29, 0.717) is 12.0 Å². The minimum Gasteiger partial charge on any atom is -0.391 e. The summed E-state index contributed by atoms with van der Waals surface area (Å²) in [6, 6.07) is 5.59. The molecule has 0 bridgehead atoms. The van der Waals surface area contributed by atoms with Gasteiger partial charge in [-0.1, -0.05) is 19.1 Å². The van der Waals surface area contributed by atoms with E-state index in [0.717, 1.165) is 12.0 Å². The van der Waals surface area contributed by atoms with Gasteiger partial charge in [-0.3, -0.25) is 14.4 Å². The SMILES string of the molecule is CCc1ccc(C(=O)N[C@H]2C[C@H]3C(=O)N[C@H]([C@H](C)O)C(=O)N3C2)cc1. The molecule has 25 heavy (non-hydrogen) atoms.